The van der Waals surface area contributed by atoms with Gasteiger partial charge in [0.15, 0.2) is 0 Å². The van der Waals surface area contributed by atoms with E-state index in [9.17, 15) is 0 Å². The molecule has 1 unspecified atom stereocenters. The van der Waals surface area contributed by atoms with Gasteiger partial charge in [0.2, 0.25) is 0 Å². The first-order chi connectivity index (χ1) is 8.09. The monoisotopic (exact) mass is 228 g/mol. The average molecular weight is 228 g/mol. The molecule has 0 saturated heterocycles. The fourth-order valence-electron chi connectivity index (χ4n) is 2.74. The van der Waals surface area contributed by atoms with E-state index in [0.717, 1.165) is 11.3 Å². The zero-order chi connectivity index (χ0) is 12.3. The van der Waals surface area contributed by atoms with Crippen LogP contribution in [-0.2, 0) is 0 Å². The van der Waals surface area contributed by atoms with Crippen molar-refractivity contribution in [2.75, 3.05) is 5.32 Å². The minimum Gasteiger partial charge on any atom is -0.382 e. The van der Waals surface area contributed by atoms with E-state index in [0.29, 0.717) is 11.5 Å². The average Bonchev–Trinajstić information content (AvgIpc) is 2.28. The third-order valence-electron chi connectivity index (χ3n) is 3.57. The topological polar surface area (TPSA) is 35.8 Å². The maximum Gasteiger partial charge on any atom is 0.0992 e. The number of nitrogens with one attached hydrogen (secondary N) is 1. The van der Waals surface area contributed by atoms with E-state index in [2.05, 4.69) is 25.2 Å². The molecule has 0 bridgehead atoms. The predicted octanol–water partition coefficient (Wildman–Crippen LogP) is 3.94. The van der Waals surface area contributed by atoms with Crippen LogP contribution in [-0.4, -0.2) is 6.04 Å². The number of hydrogen-bond donors (Lipinski definition) is 1. The van der Waals surface area contributed by atoms with Gasteiger partial charge in [-0.1, -0.05) is 26.3 Å². The molecule has 2 nitrogen and oxygen atoms in total. The van der Waals surface area contributed by atoms with Crippen LogP contribution in [0.25, 0.3) is 0 Å². The Balaban J connectivity index is 2.03. The highest BCUT2D eigenvalue weighted by Gasteiger charge is 2.27. The summed E-state index contributed by atoms with van der Waals surface area (Å²) < 4.78 is 0. The Hall–Kier alpha value is -1.49. The number of nitrogens with zero attached hydrogens (tertiary/aromatic N) is 1. The number of hydrogen-bond acceptors (Lipinski definition) is 2. The Morgan fingerprint density at radius 3 is 2.94 bits per heavy atom. The van der Waals surface area contributed by atoms with Gasteiger partial charge in [-0.25, -0.2) is 0 Å². The molecule has 1 aliphatic rings. The molecule has 0 aromatic heterocycles. The third-order valence-corrected chi connectivity index (χ3v) is 3.57. The van der Waals surface area contributed by atoms with Crippen molar-refractivity contribution >= 4 is 5.69 Å². The van der Waals surface area contributed by atoms with Crippen LogP contribution in [0.3, 0.4) is 0 Å². The van der Waals surface area contributed by atoms with Gasteiger partial charge in [-0.3, -0.25) is 0 Å². The first-order valence-corrected chi connectivity index (χ1v) is 6.36. The van der Waals surface area contributed by atoms with Gasteiger partial charge in [0.25, 0.3) is 0 Å². The molecule has 1 N–H and O–H groups in total. The van der Waals surface area contributed by atoms with Crippen LogP contribution in [0.15, 0.2) is 24.3 Å². The first kappa shape index (κ1) is 12.0. The van der Waals surface area contributed by atoms with E-state index in [4.69, 9.17) is 5.26 Å². The standard InChI is InChI=1S/C15H20N2/c1-15(2)8-4-7-14(10-15)17-13-6-3-5-12(9-13)11-16/h3,5-6,9,14,17H,4,7-8,10H2,1-2H3. The van der Waals surface area contributed by atoms with Crippen LogP contribution >= 0.6 is 0 Å². The molecule has 1 fully saturated rings. The maximum atomic E-state index is 8.87. The number of anilines is 1. The maximum absolute atomic E-state index is 8.87. The van der Waals surface area contributed by atoms with Crippen molar-refractivity contribution in [1.82, 2.24) is 0 Å². The van der Waals surface area contributed by atoms with Crippen LogP contribution < -0.4 is 5.32 Å². The minimum atomic E-state index is 0.447. The van der Waals surface area contributed by atoms with E-state index in [1.54, 1.807) is 0 Å². The fraction of sp³-hybridized carbons (Fsp3) is 0.533. The molecule has 90 valence electrons. The summed E-state index contributed by atoms with van der Waals surface area (Å²) in [5, 5.41) is 12.4. The largest absolute Gasteiger partial charge is 0.382 e. The van der Waals surface area contributed by atoms with Crippen molar-refractivity contribution < 1.29 is 0 Å². The lowest BCUT2D eigenvalue weighted by atomic mass is 9.75. The predicted molar refractivity (Wildman–Crippen MR) is 70.8 cm³/mol. The van der Waals surface area contributed by atoms with Gasteiger partial charge in [0, 0.05) is 11.7 Å². The summed E-state index contributed by atoms with van der Waals surface area (Å²) in [7, 11) is 0. The van der Waals surface area contributed by atoms with E-state index >= 15 is 0 Å². The molecule has 0 radical (unpaired) electrons. The van der Waals surface area contributed by atoms with Gasteiger partial charge in [0.1, 0.15) is 0 Å². The van der Waals surface area contributed by atoms with Crippen LogP contribution in [0.2, 0.25) is 0 Å². The van der Waals surface area contributed by atoms with Crippen molar-refractivity contribution in [2.24, 2.45) is 5.41 Å². The van der Waals surface area contributed by atoms with Crippen molar-refractivity contribution in [1.29, 1.82) is 5.26 Å². The van der Waals surface area contributed by atoms with Crippen LogP contribution in [0.1, 0.15) is 45.1 Å². The zero-order valence-corrected chi connectivity index (χ0v) is 10.7. The smallest absolute Gasteiger partial charge is 0.0992 e. The molecule has 0 amide bonds. The van der Waals surface area contributed by atoms with E-state index in [1.165, 1.54) is 25.7 Å². The van der Waals surface area contributed by atoms with Gasteiger partial charge in [-0.2, -0.15) is 5.26 Å². The summed E-state index contributed by atoms with van der Waals surface area (Å²) in [6.45, 7) is 4.68. The van der Waals surface area contributed by atoms with E-state index in [1.807, 2.05) is 24.3 Å². The highest BCUT2D eigenvalue weighted by molar-refractivity contribution is 5.49. The molecule has 17 heavy (non-hydrogen) atoms. The molecule has 1 saturated carbocycles. The van der Waals surface area contributed by atoms with E-state index < -0.39 is 0 Å². The lowest BCUT2D eigenvalue weighted by Crippen LogP contribution is -2.31. The fourth-order valence-corrected chi connectivity index (χ4v) is 2.74. The lowest BCUT2D eigenvalue weighted by molar-refractivity contribution is 0.229. The van der Waals surface area contributed by atoms with Crippen molar-refractivity contribution in [3.63, 3.8) is 0 Å². The Bertz CT molecular complexity index is 429. The van der Waals surface area contributed by atoms with Gasteiger partial charge >= 0.3 is 0 Å². The molecule has 0 aliphatic heterocycles. The summed E-state index contributed by atoms with van der Waals surface area (Å²) >= 11 is 0. The van der Waals surface area contributed by atoms with Gasteiger partial charge in [0.05, 0.1) is 11.6 Å². The molecular formula is C15H20N2. The molecule has 1 aromatic rings. The Morgan fingerprint density at radius 1 is 1.41 bits per heavy atom. The van der Waals surface area contributed by atoms with Crippen LogP contribution in [0, 0.1) is 16.7 Å². The number of nitriles is 1. The van der Waals surface area contributed by atoms with Crippen molar-refractivity contribution in [2.45, 2.75) is 45.6 Å². The van der Waals surface area contributed by atoms with Crippen molar-refractivity contribution in [3.05, 3.63) is 29.8 Å². The Labute approximate surface area is 104 Å². The van der Waals surface area contributed by atoms with E-state index in [-0.39, 0.29) is 0 Å². The normalized spacial score (nSPS) is 22.8. The second-order valence-electron chi connectivity index (χ2n) is 5.79. The lowest BCUT2D eigenvalue weighted by Gasteiger charge is -2.36. The summed E-state index contributed by atoms with van der Waals surface area (Å²) in [6.07, 6.45) is 5.07. The second-order valence-corrected chi connectivity index (χ2v) is 5.79. The molecule has 0 spiro atoms. The Morgan fingerprint density at radius 2 is 2.24 bits per heavy atom. The minimum absolute atomic E-state index is 0.447. The second kappa shape index (κ2) is 4.79. The SMILES string of the molecule is CC1(C)CCCC(Nc2cccc(C#N)c2)C1. The summed E-state index contributed by atoms with van der Waals surface area (Å²) in [6, 6.07) is 10.5. The molecule has 1 aromatic carbocycles. The molecule has 1 aliphatic carbocycles. The molecule has 2 heteroatoms. The molecule has 1 atom stereocenters. The summed E-state index contributed by atoms with van der Waals surface area (Å²) in [5.74, 6) is 0. The highest BCUT2D eigenvalue weighted by atomic mass is 14.9. The highest BCUT2D eigenvalue weighted by Crippen LogP contribution is 2.36. The van der Waals surface area contributed by atoms with Gasteiger partial charge < -0.3 is 5.32 Å². The third kappa shape index (κ3) is 3.23. The molecular weight excluding hydrogens is 208 g/mol. The first-order valence-electron chi connectivity index (χ1n) is 6.36. The molecule has 0 heterocycles. The van der Waals surface area contributed by atoms with Gasteiger partial charge in [-0.05, 0) is 42.9 Å². The summed E-state index contributed by atoms with van der Waals surface area (Å²) in [5.41, 5.74) is 2.25. The summed E-state index contributed by atoms with van der Waals surface area (Å²) in [4.78, 5) is 0. The number of benzene rings is 1. The zero-order valence-electron chi connectivity index (χ0n) is 10.7. The van der Waals surface area contributed by atoms with Gasteiger partial charge in [-0.15, -0.1) is 0 Å². The Kier molecular flexibility index (Phi) is 3.38. The molecule has 2 rings (SSSR count). The quantitative estimate of drug-likeness (QED) is 0.832. The van der Waals surface area contributed by atoms with Crippen LogP contribution in [0.5, 0.6) is 0 Å². The van der Waals surface area contributed by atoms with Crippen LogP contribution in [0.4, 0.5) is 5.69 Å². The number of rotatable bonds is 2. The van der Waals surface area contributed by atoms with Crippen molar-refractivity contribution in [3.8, 4) is 6.07 Å².